The lowest BCUT2D eigenvalue weighted by Gasteiger charge is -2.00. The Balaban J connectivity index is 2.57. The van der Waals surface area contributed by atoms with Gasteiger partial charge in [-0.05, 0) is 12.2 Å². The number of allylic oxidation sites excluding steroid dienone is 2. The zero-order valence-corrected chi connectivity index (χ0v) is 5.31. The molecule has 0 aliphatic carbocycles. The molecule has 1 rings (SSSR count). The van der Waals surface area contributed by atoms with Gasteiger partial charge in [-0.3, -0.25) is 0 Å². The number of ether oxygens (including phenoxy) is 1. The molecule has 0 amide bonds. The fourth-order valence-corrected chi connectivity index (χ4v) is 0.660. The third kappa shape index (κ3) is 1.35. The fourth-order valence-electron chi connectivity index (χ4n) is 0.375. The van der Waals surface area contributed by atoms with Crippen molar-refractivity contribution in [1.29, 1.82) is 0 Å². The molecule has 0 N–H and O–H groups in total. The smallest absolute Gasteiger partial charge is 0.119 e. The maximum Gasteiger partial charge on any atom is 0.119 e. The average Bonchev–Trinajstić information content (AvgIpc) is 1.69. The SMILES string of the molecule is BrC1=CC=COC1. The molecule has 0 saturated heterocycles. The van der Waals surface area contributed by atoms with Crippen LogP contribution < -0.4 is 0 Å². The Morgan fingerprint density at radius 2 is 2.57 bits per heavy atom. The number of halogens is 1. The lowest BCUT2D eigenvalue weighted by Crippen LogP contribution is -1.88. The van der Waals surface area contributed by atoms with E-state index in [0.29, 0.717) is 6.61 Å². The summed E-state index contributed by atoms with van der Waals surface area (Å²) in [4.78, 5) is 0. The van der Waals surface area contributed by atoms with Gasteiger partial charge in [-0.15, -0.1) is 0 Å². The van der Waals surface area contributed by atoms with Crippen molar-refractivity contribution in [2.45, 2.75) is 0 Å². The number of hydrogen-bond donors (Lipinski definition) is 0. The second-order valence-corrected chi connectivity index (χ2v) is 2.27. The molecule has 0 aromatic carbocycles. The van der Waals surface area contributed by atoms with E-state index in [0.717, 1.165) is 4.48 Å². The summed E-state index contributed by atoms with van der Waals surface area (Å²) in [7, 11) is 0. The molecule has 1 heterocycles. The highest BCUT2D eigenvalue weighted by atomic mass is 79.9. The molecule has 0 aromatic rings. The fraction of sp³-hybridized carbons (Fsp3) is 0.200. The minimum atomic E-state index is 0.677. The highest BCUT2D eigenvalue weighted by Crippen LogP contribution is 2.08. The zero-order chi connectivity index (χ0) is 5.11. The van der Waals surface area contributed by atoms with E-state index >= 15 is 0 Å². The first-order chi connectivity index (χ1) is 3.39. The molecular formula is C5H5BrO. The van der Waals surface area contributed by atoms with Gasteiger partial charge in [-0.2, -0.15) is 0 Å². The quantitative estimate of drug-likeness (QED) is 0.526. The Kier molecular flexibility index (Phi) is 1.52. The third-order valence-electron chi connectivity index (χ3n) is 0.673. The van der Waals surface area contributed by atoms with Crippen LogP contribution in [0.3, 0.4) is 0 Å². The summed E-state index contributed by atoms with van der Waals surface area (Å²) in [5.74, 6) is 0. The average molecular weight is 161 g/mol. The second kappa shape index (κ2) is 2.17. The van der Waals surface area contributed by atoms with Crippen molar-refractivity contribution in [1.82, 2.24) is 0 Å². The van der Waals surface area contributed by atoms with Crippen molar-refractivity contribution < 1.29 is 4.74 Å². The van der Waals surface area contributed by atoms with Gasteiger partial charge in [0.05, 0.1) is 6.26 Å². The molecule has 0 bridgehead atoms. The van der Waals surface area contributed by atoms with Gasteiger partial charge in [0.2, 0.25) is 0 Å². The molecule has 0 radical (unpaired) electrons. The van der Waals surface area contributed by atoms with Crippen LogP contribution in [0.25, 0.3) is 0 Å². The summed E-state index contributed by atoms with van der Waals surface area (Å²) in [5, 5.41) is 0. The van der Waals surface area contributed by atoms with Crippen molar-refractivity contribution in [2.24, 2.45) is 0 Å². The first-order valence-corrected chi connectivity index (χ1v) is 2.82. The molecule has 0 aromatic heterocycles. The maximum atomic E-state index is 4.89. The lowest BCUT2D eigenvalue weighted by molar-refractivity contribution is 0.283. The van der Waals surface area contributed by atoms with Gasteiger partial charge in [0.15, 0.2) is 0 Å². The van der Waals surface area contributed by atoms with Crippen LogP contribution in [-0.2, 0) is 4.74 Å². The molecule has 0 atom stereocenters. The van der Waals surface area contributed by atoms with Gasteiger partial charge in [-0.1, -0.05) is 15.9 Å². The van der Waals surface area contributed by atoms with Crippen LogP contribution >= 0.6 is 15.9 Å². The summed E-state index contributed by atoms with van der Waals surface area (Å²) in [6.07, 6.45) is 5.49. The molecule has 1 aliphatic rings. The Morgan fingerprint density at radius 3 is 2.86 bits per heavy atom. The molecule has 1 aliphatic heterocycles. The van der Waals surface area contributed by atoms with Gasteiger partial charge in [-0.25, -0.2) is 0 Å². The molecule has 38 valence electrons. The molecule has 7 heavy (non-hydrogen) atoms. The second-order valence-electron chi connectivity index (χ2n) is 1.25. The van der Waals surface area contributed by atoms with Crippen LogP contribution in [0, 0.1) is 0 Å². The third-order valence-corrected chi connectivity index (χ3v) is 1.17. The van der Waals surface area contributed by atoms with Crippen LogP contribution in [0.5, 0.6) is 0 Å². The summed E-state index contributed by atoms with van der Waals surface area (Å²) < 4.78 is 5.98. The summed E-state index contributed by atoms with van der Waals surface area (Å²) in [6.45, 7) is 0.677. The van der Waals surface area contributed by atoms with E-state index in [2.05, 4.69) is 15.9 Å². The van der Waals surface area contributed by atoms with Crippen LogP contribution in [0.2, 0.25) is 0 Å². The Bertz CT molecular complexity index is 115. The molecule has 0 unspecified atom stereocenters. The standard InChI is InChI=1S/C5H5BrO/c6-5-2-1-3-7-4-5/h1-3H,4H2. The Labute approximate surface area is 50.8 Å². The predicted octanol–water partition coefficient (Wildman–Crippen LogP) is 1.81. The van der Waals surface area contributed by atoms with Crippen LogP contribution in [0.4, 0.5) is 0 Å². The number of rotatable bonds is 0. The minimum absolute atomic E-state index is 0.677. The lowest BCUT2D eigenvalue weighted by atomic mass is 10.5. The summed E-state index contributed by atoms with van der Waals surface area (Å²) in [6, 6.07) is 0. The van der Waals surface area contributed by atoms with Crippen LogP contribution in [0.15, 0.2) is 22.9 Å². The van der Waals surface area contributed by atoms with Crippen LogP contribution in [-0.4, -0.2) is 6.61 Å². The van der Waals surface area contributed by atoms with E-state index in [-0.39, 0.29) is 0 Å². The van der Waals surface area contributed by atoms with Crippen LogP contribution in [0.1, 0.15) is 0 Å². The molecule has 1 nitrogen and oxygen atoms in total. The van der Waals surface area contributed by atoms with E-state index in [9.17, 15) is 0 Å². The van der Waals surface area contributed by atoms with Crippen molar-refractivity contribution in [3.8, 4) is 0 Å². The van der Waals surface area contributed by atoms with Gasteiger partial charge < -0.3 is 4.74 Å². The van der Waals surface area contributed by atoms with Gasteiger partial charge in [0.1, 0.15) is 6.61 Å². The monoisotopic (exact) mass is 160 g/mol. The minimum Gasteiger partial charge on any atom is -0.496 e. The van der Waals surface area contributed by atoms with E-state index in [1.807, 2.05) is 12.2 Å². The molecule has 0 saturated carbocycles. The van der Waals surface area contributed by atoms with E-state index in [1.165, 1.54) is 0 Å². The largest absolute Gasteiger partial charge is 0.496 e. The van der Waals surface area contributed by atoms with E-state index in [4.69, 9.17) is 4.74 Å². The molecule has 0 spiro atoms. The predicted molar refractivity (Wildman–Crippen MR) is 32.1 cm³/mol. The highest BCUT2D eigenvalue weighted by Gasteiger charge is 1.90. The van der Waals surface area contributed by atoms with Gasteiger partial charge >= 0.3 is 0 Å². The van der Waals surface area contributed by atoms with Gasteiger partial charge in [0, 0.05) is 4.48 Å². The Morgan fingerprint density at radius 1 is 1.71 bits per heavy atom. The summed E-state index contributed by atoms with van der Waals surface area (Å²) in [5.41, 5.74) is 0. The molecular weight excluding hydrogens is 156 g/mol. The maximum absolute atomic E-state index is 4.89. The summed E-state index contributed by atoms with van der Waals surface area (Å²) >= 11 is 3.27. The van der Waals surface area contributed by atoms with Crippen molar-refractivity contribution in [3.05, 3.63) is 22.9 Å². The zero-order valence-electron chi connectivity index (χ0n) is 3.73. The molecule has 2 heteroatoms. The first kappa shape index (κ1) is 4.91. The van der Waals surface area contributed by atoms with Gasteiger partial charge in [0.25, 0.3) is 0 Å². The van der Waals surface area contributed by atoms with E-state index < -0.39 is 0 Å². The first-order valence-electron chi connectivity index (χ1n) is 2.02. The highest BCUT2D eigenvalue weighted by molar-refractivity contribution is 9.11. The normalized spacial score (nSPS) is 18.1. The Hall–Kier alpha value is -0.240. The van der Waals surface area contributed by atoms with Crippen molar-refractivity contribution in [2.75, 3.05) is 6.61 Å². The topological polar surface area (TPSA) is 9.23 Å². The van der Waals surface area contributed by atoms with E-state index in [1.54, 1.807) is 6.26 Å². The molecule has 0 fully saturated rings. The number of hydrogen-bond acceptors (Lipinski definition) is 1. The van der Waals surface area contributed by atoms with Crippen molar-refractivity contribution >= 4 is 15.9 Å². The van der Waals surface area contributed by atoms with Crippen molar-refractivity contribution in [3.63, 3.8) is 0 Å².